The summed E-state index contributed by atoms with van der Waals surface area (Å²) in [6.07, 6.45) is 0. The van der Waals surface area contributed by atoms with E-state index in [1.54, 1.807) is 13.8 Å². The molecule has 7 heteroatoms. The van der Waals surface area contributed by atoms with Gasteiger partial charge in [0.15, 0.2) is 22.2 Å². The van der Waals surface area contributed by atoms with E-state index in [0.717, 1.165) is 0 Å². The molecule has 80 valence electrons. The molecule has 0 aromatic rings. The summed E-state index contributed by atoms with van der Waals surface area (Å²) in [5, 5.41) is 2.12. The topological polar surface area (TPSA) is 86.6 Å². The second-order valence-corrected chi connectivity index (χ2v) is 5.55. The van der Waals surface area contributed by atoms with Crippen molar-refractivity contribution >= 4 is 22.2 Å². The lowest BCUT2D eigenvalue weighted by Gasteiger charge is -2.11. The monoisotopic (exact) mass is 229 g/mol. The Balaban J connectivity index is 3.56. The maximum atomic E-state index is 10.5. The zero-order chi connectivity index (χ0) is 10.4. The molecule has 0 aliphatic carbocycles. The van der Waals surface area contributed by atoms with Gasteiger partial charge in [0.05, 0.1) is 10.5 Å². The Morgan fingerprint density at radius 3 is 1.62 bits per heavy atom. The van der Waals surface area contributed by atoms with Crippen molar-refractivity contribution in [2.24, 2.45) is 0 Å². The minimum absolute atomic E-state index is 0.362. The molecular formula is C6H15NO4S2. The van der Waals surface area contributed by atoms with E-state index in [1.165, 1.54) is 0 Å². The van der Waals surface area contributed by atoms with Crippen molar-refractivity contribution in [2.45, 2.75) is 24.3 Å². The van der Waals surface area contributed by atoms with Crippen LogP contribution in [-0.4, -0.2) is 41.1 Å². The van der Waals surface area contributed by atoms with Crippen LogP contribution in [0.15, 0.2) is 0 Å². The molecule has 0 aromatic heterocycles. The van der Waals surface area contributed by atoms with Crippen LogP contribution in [0.1, 0.15) is 13.8 Å². The second kappa shape index (κ2) is 6.61. The van der Waals surface area contributed by atoms with E-state index in [9.17, 15) is 8.42 Å². The Kier molecular flexibility index (Phi) is 6.70. The predicted molar refractivity (Wildman–Crippen MR) is 53.3 cm³/mol. The molecule has 4 atom stereocenters. The maximum Gasteiger partial charge on any atom is 0.156 e. The molecule has 0 bridgehead atoms. The molecule has 0 aliphatic heterocycles. The van der Waals surface area contributed by atoms with E-state index in [1.807, 2.05) is 0 Å². The average molecular weight is 229 g/mol. The van der Waals surface area contributed by atoms with Gasteiger partial charge in [-0.2, -0.15) is 0 Å². The van der Waals surface area contributed by atoms with Crippen LogP contribution in [0, 0.1) is 0 Å². The van der Waals surface area contributed by atoms with Crippen molar-refractivity contribution in [1.29, 1.82) is 0 Å². The van der Waals surface area contributed by atoms with Crippen molar-refractivity contribution < 1.29 is 17.5 Å². The van der Waals surface area contributed by atoms with Gasteiger partial charge in [-0.3, -0.25) is 0 Å². The highest BCUT2D eigenvalue weighted by molar-refractivity contribution is 7.80. The molecule has 13 heavy (non-hydrogen) atoms. The molecule has 5 nitrogen and oxygen atoms in total. The molecular weight excluding hydrogens is 214 g/mol. The first-order valence-electron chi connectivity index (χ1n) is 3.85. The first kappa shape index (κ1) is 13.2. The second-order valence-electron chi connectivity index (χ2n) is 2.83. The molecule has 0 aromatic carbocycles. The van der Waals surface area contributed by atoms with Gasteiger partial charge in [0.2, 0.25) is 0 Å². The molecule has 0 spiro atoms. The normalized spacial score (nSPS) is 20.6. The van der Waals surface area contributed by atoms with Gasteiger partial charge in [0, 0.05) is 13.1 Å². The van der Waals surface area contributed by atoms with Crippen molar-refractivity contribution in [3.8, 4) is 0 Å². The Morgan fingerprint density at radius 2 is 1.38 bits per heavy atom. The van der Waals surface area contributed by atoms with Gasteiger partial charge in [-0.25, -0.2) is 8.42 Å². The lowest BCUT2D eigenvalue weighted by atomic mass is 10.4. The van der Waals surface area contributed by atoms with Crippen LogP contribution in [0.2, 0.25) is 0 Å². The Bertz CT molecular complexity index is 179. The molecule has 0 heterocycles. The Labute approximate surface area is 82.9 Å². The predicted octanol–water partition coefficient (Wildman–Crippen LogP) is -0.204. The van der Waals surface area contributed by atoms with E-state index in [-0.39, 0.29) is 10.5 Å². The molecule has 0 saturated heterocycles. The zero-order valence-electron chi connectivity index (χ0n) is 7.60. The Hall–Kier alpha value is 0.180. The maximum absolute atomic E-state index is 10.5. The van der Waals surface area contributed by atoms with Crippen LogP contribution >= 0.6 is 0 Å². The third-order valence-electron chi connectivity index (χ3n) is 1.55. The Morgan fingerprint density at radius 1 is 1.08 bits per heavy atom. The molecule has 0 radical (unpaired) electrons. The standard InChI is InChI=1S/C6H15NO4S2/c1-5(12(8)9)3-7-4-6(2)13(10)11/h5-7H,3-4H2,1-2H3,(H,8,9)(H,10,11). The number of nitrogens with one attached hydrogen (secondary N) is 1. The molecule has 0 saturated carbocycles. The molecule has 4 unspecified atom stereocenters. The molecule has 0 fully saturated rings. The first-order valence-corrected chi connectivity index (χ1v) is 6.19. The summed E-state index contributed by atoms with van der Waals surface area (Å²) < 4.78 is 38.2. The quantitative estimate of drug-likeness (QED) is 0.549. The fraction of sp³-hybridized carbons (Fsp3) is 1.00. The summed E-state index contributed by atoms with van der Waals surface area (Å²) in [6, 6.07) is 0. The highest BCUT2D eigenvalue weighted by Gasteiger charge is 2.10. The summed E-state index contributed by atoms with van der Waals surface area (Å²) in [5.74, 6) is 0. The molecule has 0 amide bonds. The van der Waals surface area contributed by atoms with E-state index in [2.05, 4.69) is 5.32 Å². The van der Waals surface area contributed by atoms with Crippen LogP contribution in [0.25, 0.3) is 0 Å². The van der Waals surface area contributed by atoms with Crippen molar-refractivity contribution in [3.05, 3.63) is 0 Å². The minimum atomic E-state index is -1.84. The summed E-state index contributed by atoms with van der Waals surface area (Å²) in [5.41, 5.74) is 0. The third kappa shape index (κ3) is 6.28. The first-order chi connectivity index (χ1) is 5.95. The van der Waals surface area contributed by atoms with Gasteiger partial charge >= 0.3 is 0 Å². The van der Waals surface area contributed by atoms with E-state index in [4.69, 9.17) is 9.11 Å². The van der Waals surface area contributed by atoms with Crippen LogP contribution in [0.4, 0.5) is 0 Å². The van der Waals surface area contributed by atoms with Crippen LogP contribution in [-0.2, 0) is 22.2 Å². The average Bonchev–Trinajstić information content (AvgIpc) is 2.03. The van der Waals surface area contributed by atoms with Gasteiger partial charge in [-0.05, 0) is 13.8 Å². The van der Waals surface area contributed by atoms with Gasteiger partial charge in [-0.1, -0.05) is 0 Å². The highest BCUT2D eigenvalue weighted by atomic mass is 32.2. The number of rotatable bonds is 6. The summed E-state index contributed by atoms with van der Waals surface area (Å²) in [4.78, 5) is 0. The molecule has 0 aliphatic rings. The van der Waals surface area contributed by atoms with E-state index < -0.39 is 22.2 Å². The van der Waals surface area contributed by atoms with Gasteiger partial charge < -0.3 is 14.4 Å². The largest absolute Gasteiger partial charge is 0.314 e. The van der Waals surface area contributed by atoms with Gasteiger partial charge in [0.25, 0.3) is 0 Å². The van der Waals surface area contributed by atoms with Crippen molar-refractivity contribution in [1.82, 2.24) is 5.32 Å². The van der Waals surface area contributed by atoms with Crippen LogP contribution in [0.3, 0.4) is 0 Å². The molecule has 0 rings (SSSR count). The van der Waals surface area contributed by atoms with Crippen molar-refractivity contribution in [3.63, 3.8) is 0 Å². The fourth-order valence-corrected chi connectivity index (χ4v) is 1.15. The van der Waals surface area contributed by atoms with Crippen molar-refractivity contribution in [2.75, 3.05) is 13.1 Å². The van der Waals surface area contributed by atoms with Gasteiger partial charge in [-0.15, -0.1) is 0 Å². The fourth-order valence-electron chi connectivity index (χ4n) is 0.632. The highest BCUT2D eigenvalue weighted by Crippen LogP contribution is 1.92. The lowest BCUT2D eigenvalue weighted by Crippen LogP contribution is -2.34. The number of hydrogen-bond acceptors (Lipinski definition) is 3. The smallest absolute Gasteiger partial charge is 0.156 e. The zero-order valence-corrected chi connectivity index (χ0v) is 9.23. The SMILES string of the molecule is CC(CNCC(C)S(=O)O)S(=O)O. The summed E-state index contributed by atoms with van der Waals surface area (Å²) >= 11 is -3.67. The van der Waals surface area contributed by atoms with Crippen LogP contribution < -0.4 is 5.32 Å². The van der Waals surface area contributed by atoms with E-state index in [0.29, 0.717) is 13.1 Å². The minimum Gasteiger partial charge on any atom is -0.314 e. The summed E-state index contributed by atoms with van der Waals surface area (Å²) in [7, 11) is 0. The summed E-state index contributed by atoms with van der Waals surface area (Å²) in [6.45, 7) is 3.99. The van der Waals surface area contributed by atoms with Gasteiger partial charge in [0.1, 0.15) is 0 Å². The lowest BCUT2D eigenvalue weighted by molar-refractivity contribution is 0.531. The third-order valence-corrected chi connectivity index (χ3v) is 3.26. The van der Waals surface area contributed by atoms with E-state index >= 15 is 0 Å². The molecule has 3 N–H and O–H groups in total. The van der Waals surface area contributed by atoms with Crippen LogP contribution in [0.5, 0.6) is 0 Å². The number of hydrogen-bond donors (Lipinski definition) is 3.